The molecule has 0 aliphatic heterocycles. The van der Waals surface area contributed by atoms with Crippen molar-refractivity contribution in [2.75, 3.05) is 12.1 Å². The summed E-state index contributed by atoms with van der Waals surface area (Å²) in [5.41, 5.74) is 0.606. The molecule has 0 heterocycles. The number of hydrogen-bond acceptors (Lipinski definition) is 1. The van der Waals surface area contributed by atoms with Crippen molar-refractivity contribution in [2.24, 2.45) is 0 Å². The molecule has 0 spiro atoms. The minimum absolute atomic E-state index is 0.395. The minimum atomic E-state index is -1.58. The molecule has 0 amide bonds. The van der Waals surface area contributed by atoms with Crippen molar-refractivity contribution in [3.8, 4) is 12.3 Å². The SMILES string of the molecule is C#CCO[Si](C)(C)CCl. The number of rotatable bonds is 3. The summed E-state index contributed by atoms with van der Waals surface area (Å²) in [7, 11) is -1.58. The highest BCUT2D eigenvalue weighted by Crippen LogP contribution is 2.04. The molecule has 0 atom stereocenters. The molecule has 0 bridgehead atoms. The van der Waals surface area contributed by atoms with Gasteiger partial charge in [0.2, 0.25) is 8.32 Å². The molecule has 0 aliphatic rings. The van der Waals surface area contributed by atoms with E-state index in [1.165, 1.54) is 0 Å². The quantitative estimate of drug-likeness (QED) is 0.348. The lowest BCUT2D eigenvalue weighted by molar-refractivity contribution is 0.364. The lowest BCUT2D eigenvalue weighted by atomic mass is 10.8. The molecule has 9 heavy (non-hydrogen) atoms. The summed E-state index contributed by atoms with van der Waals surface area (Å²) in [4.78, 5) is 0. The van der Waals surface area contributed by atoms with Gasteiger partial charge in [0.1, 0.15) is 0 Å². The van der Waals surface area contributed by atoms with Crippen molar-refractivity contribution in [3.05, 3.63) is 0 Å². The van der Waals surface area contributed by atoms with Crippen LogP contribution in [0.1, 0.15) is 0 Å². The molecular weight excluding hydrogens is 152 g/mol. The Bertz CT molecular complexity index is 117. The first-order chi connectivity index (χ1) is 4.12. The van der Waals surface area contributed by atoms with E-state index < -0.39 is 8.32 Å². The fourth-order valence-electron chi connectivity index (χ4n) is 0.276. The molecule has 0 aliphatic carbocycles. The highest BCUT2D eigenvalue weighted by Gasteiger charge is 2.19. The number of terminal acetylenes is 1. The maximum Gasteiger partial charge on any atom is 0.202 e. The van der Waals surface area contributed by atoms with E-state index in [-0.39, 0.29) is 0 Å². The van der Waals surface area contributed by atoms with Gasteiger partial charge in [-0.2, -0.15) is 0 Å². The largest absolute Gasteiger partial charge is 0.405 e. The van der Waals surface area contributed by atoms with Crippen LogP contribution in [0.4, 0.5) is 0 Å². The topological polar surface area (TPSA) is 9.23 Å². The van der Waals surface area contributed by atoms with Crippen molar-refractivity contribution in [1.82, 2.24) is 0 Å². The molecule has 3 heteroatoms. The summed E-state index contributed by atoms with van der Waals surface area (Å²) < 4.78 is 5.30. The van der Waals surface area contributed by atoms with Gasteiger partial charge in [-0.05, 0) is 13.1 Å². The highest BCUT2D eigenvalue weighted by molar-refractivity contribution is 6.77. The van der Waals surface area contributed by atoms with Crippen molar-refractivity contribution < 1.29 is 4.43 Å². The van der Waals surface area contributed by atoms with Crippen LogP contribution < -0.4 is 0 Å². The van der Waals surface area contributed by atoms with Crippen LogP contribution in [0.2, 0.25) is 13.1 Å². The van der Waals surface area contributed by atoms with Crippen LogP contribution in [0.25, 0.3) is 0 Å². The Balaban J connectivity index is 3.48. The Labute approximate surface area is 62.5 Å². The van der Waals surface area contributed by atoms with Crippen LogP contribution in [-0.4, -0.2) is 20.4 Å². The molecule has 0 saturated heterocycles. The first kappa shape index (κ1) is 9.03. The standard InChI is InChI=1S/C6H11ClOSi/c1-4-5-8-9(2,3)6-7/h1H,5-6H2,2-3H3. The Kier molecular flexibility index (Phi) is 3.95. The lowest BCUT2D eigenvalue weighted by Crippen LogP contribution is -2.33. The second-order valence-electron chi connectivity index (χ2n) is 2.39. The molecule has 0 saturated carbocycles. The van der Waals surface area contributed by atoms with Gasteiger partial charge in [0.25, 0.3) is 0 Å². The lowest BCUT2D eigenvalue weighted by Gasteiger charge is -2.16. The monoisotopic (exact) mass is 162 g/mol. The van der Waals surface area contributed by atoms with Gasteiger partial charge in [-0.15, -0.1) is 18.0 Å². The summed E-state index contributed by atoms with van der Waals surface area (Å²) in [6.45, 7) is 4.47. The maximum atomic E-state index is 5.60. The van der Waals surface area contributed by atoms with Gasteiger partial charge in [-0.25, -0.2) is 0 Å². The van der Waals surface area contributed by atoms with Crippen LogP contribution in [0, 0.1) is 12.3 Å². The van der Waals surface area contributed by atoms with E-state index in [1.807, 2.05) is 13.1 Å². The zero-order chi connectivity index (χ0) is 7.33. The Hall–Kier alpha value is 0.0269. The molecule has 0 radical (unpaired) electrons. The summed E-state index contributed by atoms with van der Waals surface area (Å²) in [5, 5.41) is 0. The van der Waals surface area contributed by atoms with Gasteiger partial charge in [-0.1, -0.05) is 5.92 Å². The Morgan fingerprint density at radius 2 is 2.22 bits per heavy atom. The van der Waals surface area contributed by atoms with Gasteiger partial charge < -0.3 is 4.43 Å². The second kappa shape index (κ2) is 3.94. The molecule has 1 nitrogen and oxygen atoms in total. The summed E-state index contributed by atoms with van der Waals surface area (Å²) in [6, 6.07) is 0. The van der Waals surface area contributed by atoms with E-state index in [2.05, 4.69) is 5.92 Å². The first-order valence-corrected chi connectivity index (χ1v) is 6.41. The molecular formula is C6H11ClOSi. The first-order valence-electron chi connectivity index (χ1n) is 2.76. The van der Waals surface area contributed by atoms with Crippen molar-refractivity contribution in [3.63, 3.8) is 0 Å². The molecule has 0 fully saturated rings. The highest BCUT2D eigenvalue weighted by atomic mass is 35.5. The van der Waals surface area contributed by atoms with E-state index in [0.29, 0.717) is 12.1 Å². The van der Waals surface area contributed by atoms with Crippen molar-refractivity contribution in [1.29, 1.82) is 0 Å². The average Bonchev–Trinajstić information content (AvgIpc) is 1.84. The second-order valence-corrected chi connectivity index (χ2v) is 7.26. The Morgan fingerprint density at radius 3 is 2.56 bits per heavy atom. The third-order valence-electron chi connectivity index (χ3n) is 0.868. The zero-order valence-electron chi connectivity index (χ0n) is 5.78. The van der Waals surface area contributed by atoms with Crippen LogP contribution in [0.3, 0.4) is 0 Å². The van der Waals surface area contributed by atoms with E-state index in [0.717, 1.165) is 0 Å². The molecule has 0 N–H and O–H groups in total. The summed E-state index contributed by atoms with van der Waals surface area (Å²) in [6.07, 6.45) is 4.99. The van der Waals surface area contributed by atoms with Gasteiger partial charge in [-0.3, -0.25) is 0 Å². The fourth-order valence-corrected chi connectivity index (χ4v) is 1.06. The third kappa shape index (κ3) is 4.53. The fraction of sp³-hybridized carbons (Fsp3) is 0.667. The van der Waals surface area contributed by atoms with E-state index in [4.69, 9.17) is 22.5 Å². The predicted octanol–water partition coefficient (Wildman–Crippen LogP) is 1.62. The van der Waals surface area contributed by atoms with Crippen molar-refractivity contribution >= 4 is 19.9 Å². The molecule has 0 unspecified atom stereocenters. The molecule has 0 rings (SSSR count). The van der Waals surface area contributed by atoms with E-state index in [9.17, 15) is 0 Å². The summed E-state index contributed by atoms with van der Waals surface area (Å²) >= 11 is 5.60. The predicted molar refractivity (Wildman–Crippen MR) is 43.0 cm³/mol. The van der Waals surface area contributed by atoms with Gasteiger partial charge >= 0.3 is 0 Å². The zero-order valence-corrected chi connectivity index (χ0v) is 7.53. The number of alkyl halides is 1. The number of hydrogen-bond donors (Lipinski definition) is 0. The van der Waals surface area contributed by atoms with Gasteiger partial charge in [0, 0.05) is 5.50 Å². The normalized spacial score (nSPS) is 10.9. The Morgan fingerprint density at radius 1 is 1.67 bits per heavy atom. The smallest absolute Gasteiger partial charge is 0.202 e. The summed E-state index contributed by atoms with van der Waals surface area (Å²) in [5.74, 6) is 2.41. The minimum Gasteiger partial charge on any atom is -0.405 e. The average molecular weight is 163 g/mol. The maximum absolute atomic E-state index is 5.60. The van der Waals surface area contributed by atoms with Gasteiger partial charge in [0.15, 0.2) is 0 Å². The molecule has 0 aromatic rings. The van der Waals surface area contributed by atoms with E-state index >= 15 is 0 Å². The van der Waals surface area contributed by atoms with Crippen molar-refractivity contribution in [2.45, 2.75) is 13.1 Å². The van der Waals surface area contributed by atoms with Crippen LogP contribution >= 0.6 is 11.6 Å². The van der Waals surface area contributed by atoms with Gasteiger partial charge in [0.05, 0.1) is 6.61 Å². The molecule has 52 valence electrons. The van der Waals surface area contributed by atoms with Crippen LogP contribution in [-0.2, 0) is 4.43 Å². The van der Waals surface area contributed by atoms with E-state index in [1.54, 1.807) is 0 Å². The van der Waals surface area contributed by atoms with Crippen LogP contribution in [0.15, 0.2) is 0 Å². The molecule has 0 aromatic carbocycles. The molecule has 0 aromatic heterocycles. The number of halogens is 1. The third-order valence-corrected chi connectivity index (χ3v) is 4.37. The van der Waals surface area contributed by atoms with Crippen LogP contribution in [0.5, 0.6) is 0 Å².